The molecule has 0 aliphatic carbocycles. The molecule has 0 amide bonds. The molecule has 0 heterocycles. The highest BCUT2D eigenvalue weighted by Crippen LogP contribution is 2.32. The van der Waals surface area contributed by atoms with Gasteiger partial charge in [0.25, 0.3) is 0 Å². The Morgan fingerprint density at radius 2 is 1.48 bits per heavy atom. The molecule has 0 fully saturated rings. The number of benzene rings is 2. The molecule has 10 heteroatoms. The summed E-state index contributed by atoms with van der Waals surface area (Å²) in [6.45, 7) is 1.69. The molecule has 0 aliphatic rings. The quantitative estimate of drug-likeness (QED) is 0.302. The molecule has 2 rings (SSSR count). The lowest BCUT2D eigenvalue weighted by Gasteiger charge is -2.11. The Kier molecular flexibility index (Phi) is 5.77. The van der Waals surface area contributed by atoms with Crippen molar-refractivity contribution >= 4 is 11.8 Å². The smallest absolute Gasteiger partial charge is 0.421 e. The second kappa shape index (κ2) is 7.68. The zero-order valence-corrected chi connectivity index (χ0v) is 13.3. The van der Waals surface area contributed by atoms with Crippen LogP contribution in [-0.2, 0) is 4.79 Å². The average Bonchev–Trinajstić information content (AvgIpc) is 2.56. The first-order chi connectivity index (χ1) is 12.5. The summed E-state index contributed by atoms with van der Waals surface area (Å²) < 4.78 is 98.4. The summed E-state index contributed by atoms with van der Waals surface area (Å²) in [5, 5.41) is 0. The number of carbonyl (C=O) groups excluding carboxylic acids is 1. The van der Waals surface area contributed by atoms with Crippen molar-refractivity contribution in [3.05, 3.63) is 65.0 Å². The van der Waals surface area contributed by atoms with E-state index in [0.29, 0.717) is 0 Å². The average molecular weight is 394 g/mol. The van der Waals surface area contributed by atoms with Crippen LogP contribution >= 0.6 is 0 Å². The summed E-state index contributed by atoms with van der Waals surface area (Å²) in [4.78, 5) is 11.6. The minimum atomic E-state index is -5.37. The maximum atomic E-state index is 13.9. The second-order valence-electron chi connectivity index (χ2n) is 5.15. The third-order valence-corrected chi connectivity index (χ3v) is 3.08. The van der Waals surface area contributed by atoms with Gasteiger partial charge < -0.3 is 9.47 Å². The van der Waals surface area contributed by atoms with Crippen molar-refractivity contribution in [1.29, 1.82) is 0 Å². The van der Waals surface area contributed by atoms with Crippen molar-refractivity contribution < 1.29 is 45.0 Å². The summed E-state index contributed by atoms with van der Waals surface area (Å²) in [6.07, 6.45) is -5.37. The van der Waals surface area contributed by atoms with E-state index in [4.69, 9.17) is 0 Å². The van der Waals surface area contributed by atoms with Gasteiger partial charge in [0.1, 0.15) is 5.75 Å². The van der Waals surface area contributed by atoms with Gasteiger partial charge in [0.15, 0.2) is 17.5 Å². The van der Waals surface area contributed by atoms with E-state index in [9.17, 15) is 35.5 Å². The van der Waals surface area contributed by atoms with Gasteiger partial charge >= 0.3 is 12.3 Å². The van der Waals surface area contributed by atoms with E-state index in [0.717, 1.165) is 5.56 Å². The lowest BCUT2D eigenvalue weighted by atomic mass is 10.1. The van der Waals surface area contributed by atoms with Crippen LogP contribution in [0.25, 0.3) is 5.83 Å². The molecule has 0 bridgehead atoms. The van der Waals surface area contributed by atoms with Crippen molar-refractivity contribution in [3.8, 4) is 11.5 Å². The molecule has 0 aromatic heterocycles. The minimum Gasteiger partial charge on any atom is -0.421 e. The highest BCUT2D eigenvalue weighted by atomic mass is 19.4. The zero-order chi connectivity index (χ0) is 20.4. The zero-order valence-electron chi connectivity index (χ0n) is 13.3. The minimum absolute atomic E-state index is 0.152. The molecule has 0 atom stereocenters. The van der Waals surface area contributed by atoms with E-state index >= 15 is 0 Å². The van der Waals surface area contributed by atoms with Crippen LogP contribution in [0.15, 0.2) is 42.2 Å². The number of halogens is 7. The van der Waals surface area contributed by atoms with Crippen LogP contribution in [-0.4, -0.2) is 12.3 Å². The standard InChI is InChI=1S/C17H9F7O3/c1-8-2-4-9(5-3-8)13(20)14(21)16(25)26-10-6-11(18)15(12(19)7-10)27-17(22,23)24/h2-7H,1H3/b14-13-. The van der Waals surface area contributed by atoms with Gasteiger partial charge in [0, 0.05) is 17.7 Å². The van der Waals surface area contributed by atoms with Gasteiger partial charge in [0.05, 0.1) is 0 Å². The molecule has 0 aliphatic heterocycles. The molecule has 27 heavy (non-hydrogen) atoms. The Hall–Kier alpha value is -3.04. The van der Waals surface area contributed by atoms with Crippen LogP contribution in [0, 0.1) is 18.6 Å². The molecule has 3 nitrogen and oxygen atoms in total. The van der Waals surface area contributed by atoms with Gasteiger partial charge in [-0.25, -0.2) is 18.0 Å². The summed E-state index contributed by atoms with van der Waals surface area (Å²) >= 11 is 0. The third-order valence-electron chi connectivity index (χ3n) is 3.08. The maximum Gasteiger partial charge on any atom is 0.573 e. The van der Waals surface area contributed by atoms with E-state index in [2.05, 4.69) is 9.47 Å². The predicted octanol–water partition coefficient (Wildman–Crippen LogP) is 5.39. The summed E-state index contributed by atoms with van der Waals surface area (Å²) in [5.74, 6) is -12.0. The molecule has 0 unspecified atom stereocenters. The number of rotatable bonds is 4. The number of esters is 1. The molecule has 144 valence electrons. The summed E-state index contributed by atoms with van der Waals surface area (Å²) in [5.41, 5.74) is 0.447. The van der Waals surface area contributed by atoms with E-state index in [1.54, 1.807) is 6.92 Å². The Balaban J connectivity index is 2.24. The van der Waals surface area contributed by atoms with Crippen LogP contribution in [0.2, 0.25) is 0 Å². The van der Waals surface area contributed by atoms with E-state index in [-0.39, 0.29) is 17.7 Å². The fraction of sp³-hybridized carbons (Fsp3) is 0.118. The maximum absolute atomic E-state index is 13.9. The normalized spacial score (nSPS) is 12.4. The van der Waals surface area contributed by atoms with Gasteiger partial charge in [-0.3, -0.25) is 0 Å². The lowest BCUT2D eigenvalue weighted by Crippen LogP contribution is -2.19. The number of carbonyl (C=O) groups is 1. The van der Waals surface area contributed by atoms with Crippen LogP contribution in [0.1, 0.15) is 11.1 Å². The van der Waals surface area contributed by atoms with Gasteiger partial charge in [-0.05, 0) is 6.92 Å². The molecule has 0 radical (unpaired) electrons. The largest absolute Gasteiger partial charge is 0.573 e. The van der Waals surface area contributed by atoms with Crippen LogP contribution < -0.4 is 9.47 Å². The van der Waals surface area contributed by atoms with Crippen molar-refractivity contribution in [2.24, 2.45) is 0 Å². The van der Waals surface area contributed by atoms with E-state index in [1.165, 1.54) is 24.3 Å². The fourth-order valence-corrected chi connectivity index (χ4v) is 1.88. The molecular weight excluding hydrogens is 385 g/mol. The second-order valence-corrected chi connectivity index (χ2v) is 5.15. The Bertz CT molecular complexity index is 863. The summed E-state index contributed by atoms with van der Waals surface area (Å²) in [6, 6.07) is 5.55. The van der Waals surface area contributed by atoms with Crippen molar-refractivity contribution in [1.82, 2.24) is 0 Å². The Labute approximate surface area is 147 Å². The highest BCUT2D eigenvalue weighted by Gasteiger charge is 2.34. The molecular formula is C17H9F7O3. The first kappa shape index (κ1) is 20.3. The molecule has 2 aromatic carbocycles. The Morgan fingerprint density at radius 3 is 1.96 bits per heavy atom. The number of hydrogen-bond acceptors (Lipinski definition) is 3. The highest BCUT2D eigenvalue weighted by molar-refractivity contribution is 5.94. The molecule has 0 saturated heterocycles. The van der Waals surface area contributed by atoms with E-state index < -0.39 is 47.1 Å². The van der Waals surface area contributed by atoms with Crippen LogP contribution in [0.4, 0.5) is 30.7 Å². The third kappa shape index (κ3) is 5.22. The number of hydrogen-bond donors (Lipinski definition) is 0. The van der Waals surface area contributed by atoms with Crippen molar-refractivity contribution in [3.63, 3.8) is 0 Å². The van der Waals surface area contributed by atoms with Crippen LogP contribution in [0.5, 0.6) is 11.5 Å². The lowest BCUT2D eigenvalue weighted by molar-refractivity contribution is -0.276. The Morgan fingerprint density at radius 1 is 0.963 bits per heavy atom. The molecule has 0 saturated carbocycles. The monoisotopic (exact) mass is 394 g/mol. The first-order valence-corrected chi connectivity index (χ1v) is 7.07. The van der Waals surface area contributed by atoms with Crippen molar-refractivity contribution in [2.75, 3.05) is 0 Å². The van der Waals surface area contributed by atoms with Crippen LogP contribution in [0.3, 0.4) is 0 Å². The van der Waals surface area contributed by atoms with Gasteiger partial charge in [-0.1, -0.05) is 29.8 Å². The SMILES string of the molecule is Cc1ccc(/C(F)=C(/F)C(=O)Oc2cc(F)c(OC(F)(F)F)c(F)c2)cc1. The topological polar surface area (TPSA) is 35.5 Å². The molecule has 2 aromatic rings. The number of ether oxygens (including phenoxy) is 2. The van der Waals surface area contributed by atoms with Gasteiger partial charge in [-0.15, -0.1) is 13.2 Å². The number of aryl methyl sites for hydroxylation is 1. The first-order valence-electron chi connectivity index (χ1n) is 7.07. The van der Waals surface area contributed by atoms with Gasteiger partial charge in [0.2, 0.25) is 11.6 Å². The fourth-order valence-electron chi connectivity index (χ4n) is 1.88. The predicted molar refractivity (Wildman–Crippen MR) is 79.0 cm³/mol. The van der Waals surface area contributed by atoms with Crippen molar-refractivity contribution in [2.45, 2.75) is 13.3 Å². The number of alkyl halides is 3. The molecule has 0 spiro atoms. The van der Waals surface area contributed by atoms with E-state index in [1.807, 2.05) is 0 Å². The summed E-state index contributed by atoms with van der Waals surface area (Å²) in [7, 11) is 0. The van der Waals surface area contributed by atoms with Gasteiger partial charge in [-0.2, -0.15) is 4.39 Å². The molecule has 0 N–H and O–H groups in total.